The van der Waals surface area contributed by atoms with Crippen molar-refractivity contribution in [2.24, 2.45) is 0 Å². The number of carbonyl (C=O) groups excluding carboxylic acids is 2. The van der Waals surface area contributed by atoms with Crippen LogP contribution in [0.3, 0.4) is 0 Å². The van der Waals surface area contributed by atoms with Gasteiger partial charge in [-0.25, -0.2) is 13.6 Å². The smallest absolute Gasteiger partial charge is 0.407 e. The largest absolute Gasteiger partial charge is 0.480 e. The number of ether oxygens (including phenoxy) is 1. The lowest BCUT2D eigenvalue weighted by Gasteiger charge is -2.38. The van der Waals surface area contributed by atoms with E-state index < -0.39 is 35.8 Å². The molecule has 0 radical (unpaired) electrons. The fraction of sp³-hybridized carbons (Fsp3) is 0.318. The number of benzene rings is 2. The number of anilines is 1. The van der Waals surface area contributed by atoms with E-state index in [1.807, 2.05) is 0 Å². The Labute approximate surface area is 182 Å². The van der Waals surface area contributed by atoms with E-state index in [9.17, 15) is 28.3 Å². The van der Waals surface area contributed by atoms with Gasteiger partial charge in [0.05, 0.1) is 6.04 Å². The molecule has 2 aliphatic rings. The Morgan fingerprint density at radius 2 is 1.97 bits per heavy atom. The SMILES string of the molecule is O=C1CCC(CN(C(=O)O)C2CC(C(=O)Nc3ccc(F)c(F)c3)Oc3ccccc32)N1. The minimum Gasteiger partial charge on any atom is -0.480 e. The van der Waals surface area contributed by atoms with Crippen LogP contribution in [0.4, 0.5) is 19.3 Å². The van der Waals surface area contributed by atoms with Gasteiger partial charge >= 0.3 is 6.09 Å². The zero-order valence-corrected chi connectivity index (χ0v) is 16.9. The summed E-state index contributed by atoms with van der Waals surface area (Å²) in [4.78, 5) is 37.7. The van der Waals surface area contributed by atoms with E-state index in [1.54, 1.807) is 24.3 Å². The second kappa shape index (κ2) is 8.81. The summed E-state index contributed by atoms with van der Waals surface area (Å²) in [5, 5.41) is 15.1. The highest BCUT2D eigenvalue weighted by molar-refractivity contribution is 5.94. The zero-order valence-electron chi connectivity index (χ0n) is 16.9. The van der Waals surface area contributed by atoms with Crippen LogP contribution in [-0.2, 0) is 9.59 Å². The maximum atomic E-state index is 13.5. The monoisotopic (exact) mass is 445 g/mol. The molecule has 2 aromatic carbocycles. The first-order chi connectivity index (χ1) is 15.3. The number of hydrogen-bond acceptors (Lipinski definition) is 4. The van der Waals surface area contributed by atoms with Gasteiger partial charge in [-0.2, -0.15) is 0 Å². The number of halogens is 2. The van der Waals surface area contributed by atoms with E-state index in [1.165, 1.54) is 11.0 Å². The molecule has 8 nitrogen and oxygen atoms in total. The molecule has 10 heteroatoms. The van der Waals surface area contributed by atoms with Gasteiger partial charge in [0.2, 0.25) is 5.91 Å². The molecule has 0 saturated carbocycles. The topological polar surface area (TPSA) is 108 Å². The Morgan fingerprint density at radius 3 is 2.66 bits per heavy atom. The zero-order chi connectivity index (χ0) is 22.8. The van der Waals surface area contributed by atoms with Crippen molar-refractivity contribution in [3.05, 3.63) is 59.7 Å². The number of carbonyl (C=O) groups is 3. The maximum Gasteiger partial charge on any atom is 0.407 e. The molecular formula is C22H21F2N3O5. The molecule has 2 aliphatic heterocycles. The number of hydrogen-bond donors (Lipinski definition) is 3. The average molecular weight is 445 g/mol. The molecule has 2 aromatic rings. The molecule has 1 fully saturated rings. The van der Waals surface area contributed by atoms with Gasteiger partial charge in [-0.15, -0.1) is 0 Å². The molecule has 1 saturated heterocycles. The molecule has 0 aliphatic carbocycles. The molecular weight excluding hydrogens is 424 g/mol. The molecule has 0 aromatic heterocycles. The highest BCUT2D eigenvalue weighted by Crippen LogP contribution is 2.39. The number of amides is 3. The van der Waals surface area contributed by atoms with Crippen LogP contribution in [0.1, 0.15) is 30.9 Å². The summed E-state index contributed by atoms with van der Waals surface area (Å²) < 4.78 is 32.4. The Morgan fingerprint density at radius 1 is 1.19 bits per heavy atom. The van der Waals surface area contributed by atoms with E-state index in [-0.39, 0.29) is 30.6 Å². The van der Waals surface area contributed by atoms with E-state index in [4.69, 9.17) is 4.74 Å². The van der Waals surface area contributed by atoms with Gasteiger partial charge in [-0.3, -0.25) is 14.5 Å². The summed E-state index contributed by atoms with van der Waals surface area (Å²) in [6, 6.07) is 8.77. The van der Waals surface area contributed by atoms with Crippen LogP contribution in [-0.4, -0.2) is 46.6 Å². The third-order valence-corrected chi connectivity index (χ3v) is 5.59. The number of carboxylic acid groups (broad SMARTS) is 1. The minimum absolute atomic E-state index is 0.0134. The van der Waals surface area contributed by atoms with E-state index in [0.717, 1.165) is 12.1 Å². The van der Waals surface area contributed by atoms with Gasteiger partial charge in [-0.1, -0.05) is 18.2 Å². The lowest BCUT2D eigenvalue weighted by atomic mass is 9.94. The standard InChI is InChI=1S/C22H21F2N3O5/c23-15-7-5-12(9-16(15)24)26-21(29)19-10-17(14-3-1-2-4-18(14)32-19)27(22(30)31)11-13-6-8-20(28)25-13/h1-5,7,9,13,17,19H,6,8,10-11H2,(H,25,28)(H,26,29)(H,30,31). The predicted molar refractivity (Wildman–Crippen MR) is 109 cm³/mol. The predicted octanol–water partition coefficient (Wildman–Crippen LogP) is 3.05. The first-order valence-corrected chi connectivity index (χ1v) is 10.1. The Bertz CT molecular complexity index is 1060. The number of para-hydroxylation sites is 1. The molecule has 0 bridgehead atoms. The molecule has 3 amide bonds. The van der Waals surface area contributed by atoms with E-state index in [2.05, 4.69) is 10.6 Å². The summed E-state index contributed by atoms with van der Waals surface area (Å²) in [6.45, 7) is 0.0671. The van der Waals surface area contributed by atoms with Crippen LogP contribution < -0.4 is 15.4 Å². The number of nitrogens with zero attached hydrogens (tertiary/aromatic N) is 1. The first-order valence-electron chi connectivity index (χ1n) is 10.1. The van der Waals surface area contributed by atoms with Crippen molar-refractivity contribution < 1.29 is 33.0 Å². The van der Waals surface area contributed by atoms with Gasteiger partial charge in [0, 0.05) is 42.7 Å². The highest BCUT2D eigenvalue weighted by atomic mass is 19.2. The third-order valence-electron chi connectivity index (χ3n) is 5.59. The van der Waals surface area contributed by atoms with E-state index in [0.29, 0.717) is 24.2 Å². The highest BCUT2D eigenvalue weighted by Gasteiger charge is 2.39. The van der Waals surface area contributed by atoms with E-state index >= 15 is 0 Å². The fourth-order valence-corrected chi connectivity index (χ4v) is 4.04. The van der Waals surface area contributed by atoms with Gasteiger partial charge in [0.15, 0.2) is 17.7 Å². The van der Waals surface area contributed by atoms with Gasteiger partial charge in [0.25, 0.3) is 5.91 Å². The number of rotatable bonds is 5. The number of fused-ring (bicyclic) bond motifs is 1. The fourth-order valence-electron chi connectivity index (χ4n) is 4.04. The van der Waals surface area contributed by atoms with Crippen LogP contribution in [0.15, 0.2) is 42.5 Å². The first kappa shape index (κ1) is 21.5. The molecule has 3 N–H and O–H groups in total. The van der Waals surface area contributed by atoms with Crippen molar-refractivity contribution in [2.45, 2.75) is 37.5 Å². The van der Waals surface area contributed by atoms with Crippen molar-refractivity contribution in [1.29, 1.82) is 0 Å². The summed E-state index contributed by atoms with van der Waals surface area (Å²) in [7, 11) is 0. The normalized spacial score (nSPS) is 21.8. The summed E-state index contributed by atoms with van der Waals surface area (Å²) in [6.07, 6.45) is -1.38. The quantitative estimate of drug-likeness (QED) is 0.656. The second-order valence-corrected chi connectivity index (χ2v) is 7.75. The van der Waals surface area contributed by atoms with Gasteiger partial charge in [0.1, 0.15) is 5.75 Å². The summed E-state index contributed by atoms with van der Waals surface area (Å²) in [5.41, 5.74) is 0.660. The molecule has 168 valence electrons. The lowest BCUT2D eigenvalue weighted by molar-refractivity contribution is -0.124. The summed E-state index contributed by atoms with van der Waals surface area (Å²) >= 11 is 0. The Hall–Kier alpha value is -3.69. The van der Waals surface area contributed by atoms with Crippen molar-refractivity contribution in [1.82, 2.24) is 10.2 Å². The van der Waals surface area contributed by atoms with Crippen molar-refractivity contribution in [3.63, 3.8) is 0 Å². The third kappa shape index (κ3) is 4.48. The van der Waals surface area contributed by atoms with Crippen LogP contribution in [0.5, 0.6) is 5.75 Å². The number of nitrogens with one attached hydrogen (secondary N) is 2. The minimum atomic E-state index is -1.19. The summed E-state index contributed by atoms with van der Waals surface area (Å²) in [5.74, 6) is -2.53. The van der Waals surface area contributed by atoms with Gasteiger partial charge < -0.3 is 20.5 Å². The van der Waals surface area contributed by atoms with Crippen molar-refractivity contribution in [3.8, 4) is 5.75 Å². The van der Waals surface area contributed by atoms with Crippen LogP contribution in [0, 0.1) is 11.6 Å². The average Bonchev–Trinajstić information content (AvgIpc) is 3.18. The van der Waals surface area contributed by atoms with Crippen LogP contribution in [0.25, 0.3) is 0 Å². The molecule has 32 heavy (non-hydrogen) atoms. The molecule has 3 atom stereocenters. The molecule has 2 heterocycles. The van der Waals surface area contributed by atoms with Crippen LogP contribution in [0.2, 0.25) is 0 Å². The lowest BCUT2D eigenvalue weighted by Crippen LogP contribution is -2.47. The second-order valence-electron chi connectivity index (χ2n) is 7.75. The maximum absolute atomic E-state index is 13.5. The molecule has 0 spiro atoms. The Kier molecular flexibility index (Phi) is 5.93. The Balaban J connectivity index is 1.57. The molecule has 4 rings (SSSR count). The van der Waals surface area contributed by atoms with Crippen LogP contribution >= 0.6 is 0 Å². The molecule has 3 unspecified atom stereocenters. The van der Waals surface area contributed by atoms with Crippen molar-refractivity contribution >= 4 is 23.6 Å². The van der Waals surface area contributed by atoms with Crippen molar-refractivity contribution in [2.75, 3.05) is 11.9 Å². The van der Waals surface area contributed by atoms with Gasteiger partial charge in [-0.05, 0) is 24.6 Å².